The second-order valence-corrected chi connectivity index (χ2v) is 10.7. The van der Waals surface area contributed by atoms with Gasteiger partial charge in [-0.25, -0.2) is 8.42 Å². The van der Waals surface area contributed by atoms with Crippen molar-refractivity contribution in [2.45, 2.75) is 9.79 Å². The molecule has 2 amide bonds. The summed E-state index contributed by atoms with van der Waals surface area (Å²) in [6.45, 7) is 0. The maximum atomic E-state index is 12.9. The Morgan fingerprint density at radius 1 is 0.900 bits per heavy atom. The van der Waals surface area contributed by atoms with E-state index in [1.807, 2.05) is 0 Å². The van der Waals surface area contributed by atoms with Crippen LogP contribution in [0.5, 0.6) is 0 Å². The minimum Gasteiger partial charge on any atom is -1.00 e. The number of nitrogen functional groups attached to an aromatic ring is 1. The molecule has 1 aromatic heterocycles. The molecule has 17 heteroatoms. The topological polar surface area (TPSA) is 201 Å². The van der Waals surface area contributed by atoms with Gasteiger partial charge in [0.2, 0.25) is 0 Å². The fourth-order valence-electron chi connectivity index (χ4n) is 3.84. The van der Waals surface area contributed by atoms with Crippen LogP contribution < -0.4 is 87.9 Å². The van der Waals surface area contributed by atoms with Crippen molar-refractivity contribution in [3.8, 4) is 0 Å². The first-order valence-corrected chi connectivity index (χ1v) is 13.2. The van der Waals surface area contributed by atoms with Crippen molar-refractivity contribution in [1.29, 1.82) is 0 Å². The van der Waals surface area contributed by atoms with E-state index in [0.29, 0.717) is 5.69 Å². The third kappa shape index (κ3) is 7.86. The summed E-state index contributed by atoms with van der Waals surface area (Å²) in [5.41, 5.74) is 6.24. The summed E-state index contributed by atoms with van der Waals surface area (Å²) in [7, 11) is -8.31. The van der Waals surface area contributed by atoms with Gasteiger partial charge in [0.05, 0.1) is 16.3 Å². The third-order valence-electron chi connectivity index (χ3n) is 5.39. The molecule has 4 rings (SSSR count). The van der Waals surface area contributed by atoms with Crippen LogP contribution >= 0.6 is 0 Å². The maximum absolute atomic E-state index is 12.9. The average molecular weight is 625 g/mol. The van der Waals surface area contributed by atoms with Crippen molar-refractivity contribution in [1.82, 2.24) is 4.57 Å². The third-order valence-corrected chi connectivity index (χ3v) is 7.24. The zero-order valence-corrected chi connectivity index (χ0v) is 27.8. The van der Waals surface area contributed by atoms with Crippen LogP contribution in [0, 0.1) is 0 Å². The number of anilines is 3. The molecule has 1 heterocycles. The molecule has 0 radical (unpaired) electrons. The normalized spacial score (nSPS) is 11.0. The van der Waals surface area contributed by atoms with Crippen molar-refractivity contribution in [3.05, 3.63) is 78.1 Å². The molecule has 3 aromatic carbocycles. The number of benzene rings is 3. The van der Waals surface area contributed by atoms with Crippen LogP contribution in [0.4, 0.5) is 17.1 Å². The number of hydrogen-bond donors (Lipinski definition) is 4. The van der Waals surface area contributed by atoms with Crippen LogP contribution in [0.2, 0.25) is 0 Å². The first kappa shape index (κ1) is 36.1. The van der Waals surface area contributed by atoms with E-state index < -0.39 is 47.5 Å². The second-order valence-electron chi connectivity index (χ2n) is 7.98. The summed E-state index contributed by atoms with van der Waals surface area (Å²) in [5.74, 6) is -1.30. The molecular weight excluding hydrogens is 606 g/mol. The van der Waals surface area contributed by atoms with E-state index in [9.17, 15) is 35.5 Å². The summed E-state index contributed by atoms with van der Waals surface area (Å²) < 4.78 is 70.7. The molecule has 5 N–H and O–H groups in total. The number of hydrogen-bond acceptors (Lipinski definition) is 8. The Balaban J connectivity index is 0.00000267. The molecule has 0 aliphatic carbocycles. The number of aromatic nitrogens is 1. The van der Waals surface area contributed by atoms with E-state index in [1.165, 1.54) is 41.0 Å². The molecule has 0 saturated carbocycles. The maximum Gasteiger partial charge on any atom is 1.00 e. The molecule has 0 unspecified atom stereocenters. The first-order valence-electron chi connectivity index (χ1n) is 10.4. The van der Waals surface area contributed by atoms with E-state index in [4.69, 9.17) is 5.73 Å². The van der Waals surface area contributed by atoms with Gasteiger partial charge in [0, 0.05) is 35.3 Å². The smallest absolute Gasteiger partial charge is 1.00 e. The van der Waals surface area contributed by atoms with Gasteiger partial charge >= 0.3 is 59.1 Å². The Morgan fingerprint density at radius 3 is 2.12 bits per heavy atom. The van der Waals surface area contributed by atoms with Crippen molar-refractivity contribution in [2.75, 3.05) is 16.4 Å². The van der Waals surface area contributed by atoms with Crippen LogP contribution in [0.15, 0.2) is 76.7 Å². The zero-order chi connectivity index (χ0) is 27.1. The minimum atomic E-state index is -5.22. The van der Waals surface area contributed by atoms with Gasteiger partial charge in [-0.05, 0) is 36.4 Å². The number of nitrogens with one attached hydrogen (secondary N) is 2. The molecule has 40 heavy (non-hydrogen) atoms. The van der Waals surface area contributed by atoms with Gasteiger partial charge in [-0.2, -0.15) is 8.42 Å². The number of aryl methyl sites for hydroxylation is 1. The first-order chi connectivity index (χ1) is 17.3. The number of fused-ring (bicyclic) bond motifs is 1. The molecule has 12 nitrogen and oxygen atoms in total. The van der Waals surface area contributed by atoms with E-state index in [0.717, 1.165) is 24.3 Å². The number of nitrogens with zero attached hydrogens (tertiary/aromatic N) is 1. The molecule has 0 saturated heterocycles. The van der Waals surface area contributed by atoms with Gasteiger partial charge in [-0.3, -0.25) is 14.1 Å². The average Bonchev–Trinajstić information content (AvgIpc) is 3.15. The molecule has 0 atom stereocenters. The molecule has 0 aliphatic rings. The predicted octanol–water partition coefficient (Wildman–Crippen LogP) is -6.57. The summed E-state index contributed by atoms with van der Waals surface area (Å²) in [4.78, 5) is 24.0. The van der Waals surface area contributed by atoms with Crippen molar-refractivity contribution in [2.24, 2.45) is 7.05 Å². The largest absolute Gasteiger partial charge is 1.00 e. The summed E-state index contributed by atoms with van der Waals surface area (Å²) in [6, 6.07) is 12.8. The van der Waals surface area contributed by atoms with Crippen LogP contribution in [0.1, 0.15) is 20.8 Å². The molecule has 4 aromatic rings. The van der Waals surface area contributed by atoms with Gasteiger partial charge < -0.3 is 37.9 Å². The standard InChI is InChI=1S/C23H20N4O8S2.ClH.2Na/c1-27-12-14(24)11-19(27)23(29)25-15-5-2-4-13(10-15)22(28)26-18-9-8-16-17(21(18)37(33,34)35)6-3-7-20(16)36(30,31)32;;;/h2-12H,24H2,1H3,(H,25,29)(H,26,28)(H,30,31,32)(H,33,34,35);1H;;/q;;2*+1/p-2. The van der Waals surface area contributed by atoms with E-state index in [2.05, 4.69) is 10.6 Å². The summed E-state index contributed by atoms with van der Waals surface area (Å²) in [6.07, 6.45) is 1.56. The monoisotopic (exact) mass is 624 g/mol. The number of carbonyl (C=O) groups excluding carboxylic acids is 2. The molecule has 0 aliphatic heterocycles. The number of halogens is 1. The van der Waals surface area contributed by atoms with Crippen LogP contribution in [0.3, 0.4) is 0 Å². The number of carbonyl (C=O) groups is 2. The van der Waals surface area contributed by atoms with E-state index in [1.54, 1.807) is 13.2 Å². The van der Waals surface area contributed by atoms with Crippen LogP contribution in [-0.4, -0.2) is 42.3 Å². The Hall–Kier alpha value is -1.95. The Kier molecular flexibility index (Phi) is 12.5. The van der Waals surface area contributed by atoms with Gasteiger partial charge in [0.15, 0.2) is 0 Å². The van der Waals surface area contributed by atoms with Gasteiger partial charge in [-0.1, -0.05) is 24.3 Å². The van der Waals surface area contributed by atoms with Crippen LogP contribution in [-0.2, 0) is 27.3 Å². The van der Waals surface area contributed by atoms with Gasteiger partial charge in [-0.15, -0.1) is 0 Å². The fraction of sp³-hybridized carbons (Fsp3) is 0.0435. The Bertz CT molecular complexity index is 1810. The molecular formula is C23H19ClN4Na2O8S2. The Labute approximate surface area is 280 Å². The SMILES string of the molecule is Cn1cc(N)cc1C(=O)Nc1cccc(C(=O)Nc2ccc3c(S(=O)(=O)O)cccc3c2S(=O)(=O)[O-])c1.[Cl-].[Na+].[Na+]. The van der Waals surface area contributed by atoms with Crippen molar-refractivity contribution in [3.63, 3.8) is 0 Å². The fourth-order valence-corrected chi connectivity index (χ4v) is 5.38. The van der Waals surface area contributed by atoms with Gasteiger partial charge in [0.1, 0.15) is 20.7 Å². The van der Waals surface area contributed by atoms with E-state index in [-0.39, 0.29) is 99.2 Å². The number of nitrogens with two attached hydrogens (primary N) is 1. The summed E-state index contributed by atoms with van der Waals surface area (Å²) >= 11 is 0. The molecule has 200 valence electrons. The zero-order valence-electron chi connectivity index (χ0n) is 21.4. The second kappa shape index (κ2) is 13.8. The predicted molar refractivity (Wildman–Crippen MR) is 134 cm³/mol. The molecule has 0 spiro atoms. The molecule has 0 fully saturated rings. The minimum absolute atomic E-state index is 0. The van der Waals surface area contributed by atoms with Gasteiger partial charge in [0.25, 0.3) is 21.9 Å². The quantitative estimate of drug-likeness (QED) is 0.119. The Morgan fingerprint density at radius 2 is 1.55 bits per heavy atom. The number of amides is 2. The van der Waals surface area contributed by atoms with Crippen molar-refractivity contribution >= 4 is 59.9 Å². The van der Waals surface area contributed by atoms with Crippen LogP contribution in [0.25, 0.3) is 10.8 Å². The number of rotatable bonds is 6. The van der Waals surface area contributed by atoms with E-state index >= 15 is 0 Å². The molecule has 0 bridgehead atoms. The van der Waals surface area contributed by atoms with Crippen molar-refractivity contribution < 1.29 is 107 Å². The summed E-state index contributed by atoms with van der Waals surface area (Å²) in [5, 5.41) is 4.46.